The molecule has 4 heteroatoms. The monoisotopic (exact) mass is 171 g/mol. The lowest BCUT2D eigenvalue weighted by molar-refractivity contribution is 0.599. The molecule has 62 valence electrons. The van der Waals surface area contributed by atoms with Crippen molar-refractivity contribution in [3.63, 3.8) is 0 Å². The van der Waals surface area contributed by atoms with E-state index >= 15 is 0 Å². The summed E-state index contributed by atoms with van der Waals surface area (Å²) in [5.74, 6) is 0. The molecule has 0 aliphatic rings. The summed E-state index contributed by atoms with van der Waals surface area (Å²) in [6, 6.07) is 0.257. The third kappa shape index (κ3) is 2.95. The van der Waals surface area contributed by atoms with E-state index in [2.05, 4.69) is 16.3 Å². The molecule has 0 spiro atoms. The first-order valence-electron chi connectivity index (χ1n) is 3.84. The second-order valence-electron chi connectivity index (χ2n) is 2.59. The number of hydrogen-bond donors (Lipinski definition) is 1. The van der Waals surface area contributed by atoms with E-state index in [1.807, 2.05) is 0 Å². The molecule has 0 aliphatic heterocycles. The fourth-order valence-electron chi connectivity index (χ4n) is 0.983. The van der Waals surface area contributed by atoms with Gasteiger partial charge in [0, 0.05) is 12.5 Å². The first kappa shape index (κ1) is 8.62. The fraction of sp³-hybridized carbons (Fsp3) is 0.714. The molecule has 0 aliphatic carbocycles. The zero-order chi connectivity index (χ0) is 8.10. The normalized spacial score (nSPS) is 13.3. The number of rotatable bonds is 4. The van der Waals surface area contributed by atoms with Gasteiger partial charge in [-0.05, 0) is 18.0 Å². The second kappa shape index (κ2) is 4.41. The molecule has 0 radical (unpaired) electrons. The molecule has 0 saturated heterocycles. The Morgan fingerprint density at radius 1 is 1.73 bits per heavy atom. The van der Waals surface area contributed by atoms with Crippen LogP contribution in [-0.2, 0) is 6.42 Å². The average Bonchev–Trinajstić information content (AvgIpc) is 2.40. The van der Waals surface area contributed by atoms with Crippen LogP contribution in [0.2, 0.25) is 0 Å². The van der Waals surface area contributed by atoms with Gasteiger partial charge < -0.3 is 5.73 Å². The highest BCUT2D eigenvalue weighted by Crippen LogP contribution is 2.05. The van der Waals surface area contributed by atoms with E-state index in [4.69, 9.17) is 5.73 Å². The molecule has 1 heterocycles. The van der Waals surface area contributed by atoms with Crippen LogP contribution in [0.5, 0.6) is 0 Å². The molecule has 0 aromatic carbocycles. The highest BCUT2D eigenvalue weighted by molar-refractivity contribution is 7.05. The lowest BCUT2D eigenvalue weighted by Crippen LogP contribution is -2.22. The molecule has 0 bridgehead atoms. The van der Waals surface area contributed by atoms with Crippen molar-refractivity contribution < 1.29 is 0 Å². The number of aromatic nitrogens is 2. The largest absolute Gasteiger partial charge is 0.327 e. The van der Waals surface area contributed by atoms with Crippen LogP contribution < -0.4 is 5.73 Å². The first-order valence-corrected chi connectivity index (χ1v) is 4.61. The van der Waals surface area contributed by atoms with E-state index < -0.39 is 0 Å². The van der Waals surface area contributed by atoms with Crippen molar-refractivity contribution in [3.8, 4) is 0 Å². The molecule has 0 amide bonds. The predicted octanol–water partition coefficient (Wildman–Crippen LogP) is 1.21. The second-order valence-corrected chi connectivity index (χ2v) is 3.45. The highest BCUT2D eigenvalue weighted by atomic mass is 32.1. The Balaban J connectivity index is 2.31. The molecule has 1 aromatic rings. The Morgan fingerprint density at radius 3 is 3.09 bits per heavy atom. The highest BCUT2D eigenvalue weighted by Gasteiger charge is 2.04. The van der Waals surface area contributed by atoms with Crippen LogP contribution in [0.1, 0.15) is 24.8 Å². The Morgan fingerprint density at radius 2 is 2.55 bits per heavy atom. The molecule has 2 N–H and O–H groups in total. The molecule has 3 nitrogen and oxygen atoms in total. The van der Waals surface area contributed by atoms with Gasteiger partial charge in [-0.25, -0.2) is 4.98 Å². The van der Waals surface area contributed by atoms with Crippen LogP contribution >= 0.6 is 11.5 Å². The van der Waals surface area contributed by atoms with Gasteiger partial charge in [0.1, 0.15) is 11.3 Å². The molecule has 1 aromatic heterocycles. The first-order chi connectivity index (χ1) is 5.33. The summed E-state index contributed by atoms with van der Waals surface area (Å²) in [6.07, 6.45) is 4.66. The van der Waals surface area contributed by atoms with E-state index in [0.29, 0.717) is 0 Å². The van der Waals surface area contributed by atoms with Crippen LogP contribution in [0.3, 0.4) is 0 Å². The van der Waals surface area contributed by atoms with Crippen molar-refractivity contribution in [1.82, 2.24) is 9.36 Å². The predicted molar refractivity (Wildman–Crippen MR) is 46.5 cm³/mol. The molecule has 0 saturated carbocycles. The number of nitrogens with zero attached hydrogens (tertiary/aromatic N) is 2. The van der Waals surface area contributed by atoms with Crippen molar-refractivity contribution in [1.29, 1.82) is 0 Å². The maximum absolute atomic E-state index is 5.81. The summed E-state index contributed by atoms with van der Waals surface area (Å²) in [4.78, 5) is 4.07. The maximum Gasteiger partial charge on any atom is 0.129 e. The van der Waals surface area contributed by atoms with E-state index in [1.54, 1.807) is 6.33 Å². The van der Waals surface area contributed by atoms with Crippen molar-refractivity contribution in [2.24, 2.45) is 5.73 Å². The smallest absolute Gasteiger partial charge is 0.129 e. The van der Waals surface area contributed by atoms with E-state index in [-0.39, 0.29) is 6.04 Å². The van der Waals surface area contributed by atoms with Crippen LogP contribution in [0.25, 0.3) is 0 Å². The van der Waals surface area contributed by atoms with Crippen LogP contribution in [-0.4, -0.2) is 15.4 Å². The summed E-state index contributed by atoms with van der Waals surface area (Å²) in [6.45, 7) is 2.14. The standard InChI is InChI=1S/C7H13N3S/c1-2-3-6(8)4-7-9-5-10-11-7/h5-6H,2-4,8H2,1H3. The third-order valence-electron chi connectivity index (χ3n) is 1.50. The Kier molecular flexibility index (Phi) is 3.45. The van der Waals surface area contributed by atoms with Gasteiger partial charge in [-0.3, -0.25) is 0 Å². The lowest BCUT2D eigenvalue weighted by Gasteiger charge is -2.05. The zero-order valence-corrected chi connectivity index (χ0v) is 7.47. The Hall–Kier alpha value is -0.480. The molecular formula is C7H13N3S. The molecule has 11 heavy (non-hydrogen) atoms. The minimum absolute atomic E-state index is 0.257. The van der Waals surface area contributed by atoms with E-state index in [1.165, 1.54) is 11.5 Å². The fourth-order valence-corrected chi connectivity index (χ4v) is 1.58. The minimum Gasteiger partial charge on any atom is -0.327 e. The molecule has 0 fully saturated rings. The van der Waals surface area contributed by atoms with Gasteiger partial charge in [0.25, 0.3) is 0 Å². The molecule has 1 atom stereocenters. The molecular weight excluding hydrogens is 158 g/mol. The van der Waals surface area contributed by atoms with Crippen molar-refractivity contribution in [3.05, 3.63) is 11.3 Å². The molecule has 1 rings (SSSR count). The van der Waals surface area contributed by atoms with E-state index in [0.717, 1.165) is 24.3 Å². The van der Waals surface area contributed by atoms with Crippen LogP contribution in [0.4, 0.5) is 0 Å². The van der Waals surface area contributed by atoms with Gasteiger partial charge >= 0.3 is 0 Å². The number of nitrogens with two attached hydrogens (primary N) is 1. The van der Waals surface area contributed by atoms with Gasteiger partial charge in [0.05, 0.1) is 0 Å². The Labute approximate surface area is 70.8 Å². The summed E-state index contributed by atoms with van der Waals surface area (Å²) in [7, 11) is 0. The van der Waals surface area contributed by atoms with Crippen molar-refractivity contribution in [2.45, 2.75) is 32.2 Å². The Bertz CT molecular complexity index is 186. The van der Waals surface area contributed by atoms with Crippen LogP contribution in [0.15, 0.2) is 6.33 Å². The van der Waals surface area contributed by atoms with Crippen molar-refractivity contribution in [2.75, 3.05) is 0 Å². The molecule has 1 unspecified atom stereocenters. The van der Waals surface area contributed by atoms with Crippen LogP contribution in [0, 0.1) is 0 Å². The average molecular weight is 171 g/mol. The quantitative estimate of drug-likeness (QED) is 0.740. The summed E-state index contributed by atoms with van der Waals surface area (Å²) in [5, 5.41) is 1.05. The van der Waals surface area contributed by atoms with Gasteiger partial charge in [-0.15, -0.1) is 0 Å². The topological polar surface area (TPSA) is 51.8 Å². The summed E-state index contributed by atoms with van der Waals surface area (Å²) >= 11 is 1.44. The van der Waals surface area contributed by atoms with E-state index in [9.17, 15) is 0 Å². The maximum atomic E-state index is 5.81. The summed E-state index contributed by atoms with van der Waals surface area (Å²) < 4.78 is 3.91. The third-order valence-corrected chi connectivity index (χ3v) is 2.19. The van der Waals surface area contributed by atoms with Crippen molar-refractivity contribution >= 4 is 11.5 Å². The van der Waals surface area contributed by atoms with Gasteiger partial charge in [0.2, 0.25) is 0 Å². The zero-order valence-electron chi connectivity index (χ0n) is 6.66. The van der Waals surface area contributed by atoms with Gasteiger partial charge in [-0.2, -0.15) is 4.37 Å². The van der Waals surface area contributed by atoms with Gasteiger partial charge in [-0.1, -0.05) is 13.3 Å². The number of hydrogen-bond acceptors (Lipinski definition) is 4. The minimum atomic E-state index is 0.257. The van der Waals surface area contributed by atoms with Gasteiger partial charge in [0.15, 0.2) is 0 Å². The lowest BCUT2D eigenvalue weighted by atomic mass is 10.1. The summed E-state index contributed by atoms with van der Waals surface area (Å²) in [5.41, 5.74) is 5.81. The SMILES string of the molecule is CCCC(N)Cc1ncns1.